The van der Waals surface area contributed by atoms with Crippen molar-refractivity contribution in [1.29, 1.82) is 0 Å². The van der Waals surface area contributed by atoms with Crippen molar-refractivity contribution in [2.45, 2.75) is 108 Å². The van der Waals surface area contributed by atoms with E-state index in [1.54, 1.807) is 0 Å². The Hall–Kier alpha value is -3.77. The number of phosphoric ester groups is 5. The summed E-state index contributed by atoms with van der Waals surface area (Å²) in [5.74, 6) is -1.40. The third-order valence-electron chi connectivity index (χ3n) is 13.6. The van der Waals surface area contributed by atoms with Gasteiger partial charge in [0.05, 0.1) is 39.1 Å². The van der Waals surface area contributed by atoms with Crippen LogP contribution in [0.25, 0.3) is 22.3 Å². The molecule has 4 aromatic heterocycles. The number of carbonyl (C=O) groups excluding carboxylic acids is 3. The van der Waals surface area contributed by atoms with Crippen molar-refractivity contribution in [3.8, 4) is 0 Å². The molecule has 0 aromatic carbocycles. The fourth-order valence-corrected chi connectivity index (χ4v) is 16.6. The number of rotatable bonds is 33. The molecule has 3 fully saturated rings. The van der Waals surface area contributed by atoms with Gasteiger partial charge in [-0.25, -0.2) is 62.2 Å². The molecule has 0 radical (unpaired) electrons. The van der Waals surface area contributed by atoms with Crippen molar-refractivity contribution >= 4 is 120 Å². The molecule has 3 aliphatic heterocycles. The summed E-state index contributed by atoms with van der Waals surface area (Å²) >= 11 is 0. The first-order chi connectivity index (χ1) is 44.6. The van der Waals surface area contributed by atoms with E-state index in [2.05, 4.69) is 60.0 Å². The van der Waals surface area contributed by atoms with Gasteiger partial charge in [-0.15, -0.1) is 4.67 Å². The third kappa shape index (κ3) is 22.4. The molecule has 542 valence electrons. The Bertz CT molecular complexity index is 3670. The van der Waals surface area contributed by atoms with E-state index in [4.69, 9.17) is 57.4 Å². The number of phosphoric acid groups is 6. The maximum Gasteiger partial charge on any atom is 0.511 e. The fraction of sp³-hybridized carbons (Fsp3) is 0.690. The second-order valence-electron chi connectivity index (χ2n) is 22.1. The summed E-state index contributed by atoms with van der Waals surface area (Å²) < 4.78 is 133. The maximum absolute atomic E-state index is 13.9. The number of fused-ring (bicyclic) bond motifs is 2. The standard InChI is InChI=1S/C42H70N14O32P6S2/c1-41(2,15-79-92(72,73)87-91(70,71)77-13-21-29(84-89(64,65)66)27(59)39(81-21)55-19-53-25-33(43)49-17-51-35(25)55)31(61)37(63)47-7-5-23(57)45-9-11-95-96-12-10-46-24(58)6-8-48-38-32(62)42(3,4)16-80-93(74,75)88-94(76,86-83-38)78-14-22-30(85-90(67,68)69)28(60)40(82-22)56-20-54-26-34(44)50-18-52-36(26)56/h17-22,27-32,38-40,48,59-62H,5-16H2,1-4H3,(H,45,57)(H,46,58)(H,47,63)(H,70,71)(H,72,73)(H,74,75)(H2,43,49,51)(H2,44,50,52)(H2,64,65,66)(H2,67,68,69)/t21-,22-,27-,28-,29-,30-,31+,32+,38?,39-,40-,94-/m1/s1. The van der Waals surface area contributed by atoms with Gasteiger partial charge in [0.25, 0.3) is 0 Å². The van der Waals surface area contributed by atoms with Crippen molar-refractivity contribution in [1.82, 2.24) is 60.3 Å². The van der Waals surface area contributed by atoms with Crippen LogP contribution >= 0.6 is 68.5 Å². The summed E-state index contributed by atoms with van der Waals surface area (Å²) in [6.45, 7) is 1.02. The molecule has 3 aliphatic rings. The van der Waals surface area contributed by atoms with Gasteiger partial charge < -0.3 is 91.6 Å². The molecule has 4 unspecified atom stereocenters. The van der Waals surface area contributed by atoms with E-state index < -0.39 is 169 Å². The molecular formula is C42H70N14O32P6S2. The minimum atomic E-state index is -5.65. The molecule has 7 heterocycles. The lowest BCUT2D eigenvalue weighted by Gasteiger charge is -2.36. The van der Waals surface area contributed by atoms with Crippen LogP contribution in [0.2, 0.25) is 0 Å². The zero-order chi connectivity index (χ0) is 71.0. The molecule has 4 aromatic rings. The third-order valence-corrected chi connectivity index (χ3v) is 22.5. The Morgan fingerprint density at radius 1 is 0.740 bits per heavy atom. The Morgan fingerprint density at radius 2 is 1.23 bits per heavy atom. The molecule has 96 heavy (non-hydrogen) atoms. The van der Waals surface area contributed by atoms with Gasteiger partial charge in [0.1, 0.15) is 72.5 Å². The molecule has 46 nitrogen and oxygen atoms in total. The Morgan fingerprint density at radius 3 is 1.74 bits per heavy atom. The van der Waals surface area contributed by atoms with Gasteiger partial charge in [0.15, 0.2) is 41.6 Å². The van der Waals surface area contributed by atoms with Crippen LogP contribution in [0, 0.1) is 10.8 Å². The van der Waals surface area contributed by atoms with Crippen LogP contribution in [-0.4, -0.2) is 231 Å². The molecule has 19 N–H and O–H groups in total. The number of nitrogen functional groups attached to an aromatic ring is 2. The number of nitrogens with zero attached hydrogens (tertiary/aromatic N) is 8. The number of hydrogen-bond donors (Lipinski definition) is 17. The number of hydrogen-bond acceptors (Lipinski definition) is 36. The second kappa shape index (κ2) is 32.9. The van der Waals surface area contributed by atoms with Crippen LogP contribution in [-0.2, 0) is 96.6 Å². The molecule has 3 amide bonds. The van der Waals surface area contributed by atoms with Crippen molar-refractivity contribution in [2.75, 3.05) is 75.6 Å². The van der Waals surface area contributed by atoms with E-state index in [-0.39, 0.29) is 73.0 Å². The molecule has 15 atom stereocenters. The molecule has 0 aliphatic carbocycles. The van der Waals surface area contributed by atoms with Crippen LogP contribution in [0.5, 0.6) is 0 Å². The monoisotopic (exact) mass is 1530 g/mol. The van der Waals surface area contributed by atoms with Gasteiger partial charge in [0, 0.05) is 61.4 Å². The van der Waals surface area contributed by atoms with Crippen molar-refractivity contribution < 1.29 is 151 Å². The number of anilines is 2. The fourth-order valence-electron chi connectivity index (χ4n) is 8.78. The normalized spacial score (nSPS) is 28.4. The van der Waals surface area contributed by atoms with E-state index in [0.717, 1.165) is 34.4 Å². The van der Waals surface area contributed by atoms with E-state index in [1.807, 2.05) is 0 Å². The summed E-state index contributed by atoms with van der Waals surface area (Å²) in [6.07, 6.45) is -16.0. The number of ether oxygens (including phenoxy) is 2. The van der Waals surface area contributed by atoms with Crippen LogP contribution in [0.4, 0.5) is 11.6 Å². The number of aromatic nitrogens is 8. The van der Waals surface area contributed by atoms with E-state index in [1.165, 1.54) is 49.3 Å². The SMILES string of the molecule is CC(C)(COP(=O)(O)OP(=O)(O)OC[C@H]1O[C@@H](n2cnc3c(N)ncnc32)[C@H](O)[C@@H]1OP(=O)(O)O)[C@@H](O)C(=O)NCCC(=O)NCCSSCCNC(=O)CCNC1OO[P@@](=O)(OC[C@H]2O[C@@H](n3cnc4c(N)ncnc43)[C@H](O)[C@@H]2OP(=O)(O)O)OP(=O)(O)OCC(C)(C)[C@H]1O. The summed E-state index contributed by atoms with van der Waals surface area (Å²) in [5.41, 5.74) is 8.60. The average molecular weight is 1530 g/mol. The largest absolute Gasteiger partial charge is 0.511 e. The topological polar surface area (TPSA) is 674 Å². The lowest BCUT2D eigenvalue weighted by Crippen LogP contribution is -2.51. The number of nitrogens with one attached hydrogen (secondary N) is 4. The average Bonchev–Trinajstić information content (AvgIpc) is 1.60. The summed E-state index contributed by atoms with van der Waals surface area (Å²) in [6, 6.07) is 0. The number of aliphatic hydroxyl groups is 4. The summed E-state index contributed by atoms with van der Waals surface area (Å²) in [4.78, 5) is 136. The predicted octanol–water partition coefficient (Wildman–Crippen LogP) is -2.03. The van der Waals surface area contributed by atoms with Gasteiger partial charge in [-0.3, -0.25) is 56.0 Å². The Balaban J connectivity index is 0.768. The highest BCUT2D eigenvalue weighted by Crippen LogP contribution is 2.65. The zero-order valence-corrected chi connectivity index (χ0v) is 57.4. The van der Waals surface area contributed by atoms with Crippen molar-refractivity contribution in [2.24, 2.45) is 10.8 Å². The predicted molar refractivity (Wildman–Crippen MR) is 323 cm³/mol. The van der Waals surface area contributed by atoms with E-state index >= 15 is 0 Å². The van der Waals surface area contributed by atoms with Crippen LogP contribution in [0.3, 0.4) is 0 Å². The quantitative estimate of drug-likeness (QED) is 0.0106. The Kier molecular flexibility index (Phi) is 27.3. The molecule has 7 rings (SSSR count). The van der Waals surface area contributed by atoms with Crippen LogP contribution in [0.1, 0.15) is 53.0 Å². The van der Waals surface area contributed by atoms with Crippen molar-refractivity contribution in [3.05, 3.63) is 25.3 Å². The number of aliphatic hydroxyl groups excluding tert-OH is 4. The molecule has 0 spiro atoms. The lowest BCUT2D eigenvalue weighted by atomic mass is 9.86. The first kappa shape index (κ1) is 79.6. The molecule has 0 saturated carbocycles. The minimum absolute atomic E-state index is 0.00303. The van der Waals surface area contributed by atoms with Crippen LogP contribution in [0.15, 0.2) is 25.3 Å². The molecule has 0 bridgehead atoms. The van der Waals surface area contributed by atoms with Gasteiger partial charge in [-0.1, -0.05) is 49.3 Å². The molecule has 3 saturated heterocycles. The summed E-state index contributed by atoms with van der Waals surface area (Å²) in [7, 11) is -30.3. The smallest absolute Gasteiger partial charge is 0.388 e. The minimum Gasteiger partial charge on any atom is -0.388 e. The first-order valence-corrected chi connectivity index (χ1v) is 39.2. The van der Waals surface area contributed by atoms with Gasteiger partial charge in [-0.2, -0.15) is 8.62 Å². The zero-order valence-electron chi connectivity index (χ0n) is 50.4. The van der Waals surface area contributed by atoms with Crippen LogP contribution < -0.4 is 32.7 Å². The van der Waals surface area contributed by atoms with E-state index in [0.29, 0.717) is 11.5 Å². The van der Waals surface area contributed by atoms with Gasteiger partial charge >= 0.3 is 46.9 Å². The first-order valence-electron chi connectivity index (χ1n) is 27.7. The number of carbonyl (C=O) groups is 3. The lowest BCUT2D eigenvalue weighted by molar-refractivity contribution is -0.298. The highest BCUT2D eigenvalue weighted by atomic mass is 33.1. The Labute approximate surface area is 549 Å². The summed E-state index contributed by atoms with van der Waals surface area (Å²) in [5, 5.41) is 54.5. The molecule has 54 heteroatoms. The van der Waals surface area contributed by atoms with Gasteiger partial charge in [-0.05, 0) is 0 Å². The number of nitrogens with two attached hydrogens (primary N) is 2. The molecular weight excluding hydrogens is 1460 g/mol. The highest BCUT2D eigenvalue weighted by Gasteiger charge is 2.54. The highest BCUT2D eigenvalue weighted by molar-refractivity contribution is 8.76. The van der Waals surface area contributed by atoms with Gasteiger partial charge in [0.2, 0.25) is 17.7 Å². The van der Waals surface area contributed by atoms with Crippen molar-refractivity contribution in [3.63, 3.8) is 0 Å². The second-order valence-corrected chi connectivity index (χ2v) is 33.3. The van der Waals surface area contributed by atoms with E-state index in [9.17, 15) is 96.5 Å². The number of imidazole rings is 2. The maximum atomic E-state index is 13.9. The number of amides is 3.